The summed E-state index contributed by atoms with van der Waals surface area (Å²) in [4.78, 5) is 15.1. The van der Waals surface area contributed by atoms with Crippen molar-refractivity contribution in [3.05, 3.63) is 65.5 Å². The molecule has 0 unspecified atom stereocenters. The Kier molecular flexibility index (Phi) is 5.46. The predicted octanol–water partition coefficient (Wildman–Crippen LogP) is 4.17. The molecule has 4 rings (SSSR count). The number of nitrogens with one attached hydrogen (secondary N) is 2. The van der Waals surface area contributed by atoms with Gasteiger partial charge in [-0.05, 0) is 50.6 Å². The molecule has 6 heteroatoms. The summed E-state index contributed by atoms with van der Waals surface area (Å²) >= 11 is 0. The van der Waals surface area contributed by atoms with E-state index in [-0.39, 0.29) is 29.5 Å². The average molecular weight is 397 g/mol. The smallest absolute Gasteiger partial charge is 0.315 e. The van der Waals surface area contributed by atoms with E-state index >= 15 is 0 Å². The van der Waals surface area contributed by atoms with Gasteiger partial charge in [0, 0.05) is 25.1 Å². The fourth-order valence-corrected chi connectivity index (χ4v) is 4.31. The zero-order valence-corrected chi connectivity index (χ0v) is 17.0. The molecule has 1 fully saturated rings. The summed E-state index contributed by atoms with van der Waals surface area (Å²) in [6.07, 6.45) is 2.66. The summed E-state index contributed by atoms with van der Waals surface area (Å²) in [6.45, 7) is 3.87. The summed E-state index contributed by atoms with van der Waals surface area (Å²) in [5, 5.41) is 6.12. The molecule has 2 amide bonds. The molecule has 29 heavy (non-hydrogen) atoms. The summed E-state index contributed by atoms with van der Waals surface area (Å²) in [5.74, 6) is 0.577. The van der Waals surface area contributed by atoms with Gasteiger partial charge >= 0.3 is 6.03 Å². The van der Waals surface area contributed by atoms with Gasteiger partial charge in [0.05, 0.1) is 12.1 Å². The van der Waals surface area contributed by atoms with Crippen LogP contribution in [0.4, 0.5) is 9.18 Å². The number of carbonyl (C=O) groups excluding carboxylic acids is 1. The Morgan fingerprint density at radius 3 is 2.59 bits per heavy atom. The van der Waals surface area contributed by atoms with Gasteiger partial charge in [0.2, 0.25) is 0 Å². The van der Waals surface area contributed by atoms with Crippen LogP contribution in [0, 0.1) is 5.82 Å². The lowest BCUT2D eigenvalue weighted by atomic mass is 9.80. The van der Waals surface area contributed by atoms with E-state index < -0.39 is 0 Å². The normalized spacial score (nSPS) is 21.7. The summed E-state index contributed by atoms with van der Waals surface area (Å²) in [7, 11) is 2.13. The van der Waals surface area contributed by atoms with Crippen LogP contribution < -0.4 is 15.4 Å². The molecule has 2 aliphatic rings. The third kappa shape index (κ3) is 4.37. The Morgan fingerprint density at radius 1 is 1.17 bits per heavy atom. The number of para-hydroxylation sites is 1. The molecule has 1 spiro atoms. The molecule has 2 N–H and O–H groups in total. The first-order chi connectivity index (χ1) is 13.9. The Balaban J connectivity index is 1.47. The van der Waals surface area contributed by atoms with Crippen LogP contribution in [0.15, 0.2) is 48.5 Å². The van der Waals surface area contributed by atoms with E-state index in [9.17, 15) is 9.18 Å². The SMILES string of the molecule is C[C@H](NC(=O)N[C@H]1CC2(CCN(C)CC2)Oc2ccccc21)c1ccc(F)cc1. The molecule has 0 saturated carbocycles. The molecule has 2 aromatic rings. The van der Waals surface area contributed by atoms with E-state index in [0.29, 0.717) is 0 Å². The minimum atomic E-state index is -0.285. The maximum Gasteiger partial charge on any atom is 0.315 e. The number of nitrogens with zero attached hydrogens (tertiary/aromatic N) is 1. The number of carbonyl (C=O) groups is 1. The topological polar surface area (TPSA) is 53.6 Å². The molecule has 2 aromatic carbocycles. The van der Waals surface area contributed by atoms with Crippen LogP contribution in [0.1, 0.15) is 49.4 Å². The fraction of sp³-hybridized carbons (Fsp3) is 0.435. The number of amides is 2. The van der Waals surface area contributed by atoms with Crippen molar-refractivity contribution in [2.45, 2.75) is 43.9 Å². The summed E-state index contributed by atoms with van der Waals surface area (Å²) in [6, 6.07) is 13.6. The lowest BCUT2D eigenvalue weighted by Crippen LogP contribution is -2.52. The second-order valence-corrected chi connectivity index (χ2v) is 8.27. The highest BCUT2D eigenvalue weighted by atomic mass is 19.1. The third-order valence-electron chi connectivity index (χ3n) is 6.12. The van der Waals surface area contributed by atoms with Gasteiger partial charge in [-0.2, -0.15) is 0 Å². The number of piperidine rings is 1. The number of likely N-dealkylation sites (tertiary alicyclic amines) is 1. The van der Waals surface area contributed by atoms with Gasteiger partial charge < -0.3 is 20.3 Å². The lowest BCUT2D eigenvalue weighted by molar-refractivity contribution is -0.0190. The summed E-state index contributed by atoms with van der Waals surface area (Å²) < 4.78 is 19.6. The lowest BCUT2D eigenvalue weighted by Gasteiger charge is -2.46. The summed E-state index contributed by atoms with van der Waals surface area (Å²) in [5.41, 5.74) is 1.64. The Hall–Kier alpha value is -2.60. The van der Waals surface area contributed by atoms with Gasteiger partial charge in [0.1, 0.15) is 17.2 Å². The molecular weight excluding hydrogens is 369 g/mol. The van der Waals surface area contributed by atoms with Gasteiger partial charge in [-0.25, -0.2) is 9.18 Å². The Labute approximate surface area is 171 Å². The van der Waals surface area contributed by atoms with Crippen LogP contribution in [-0.2, 0) is 0 Å². The third-order valence-corrected chi connectivity index (χ3v) is 6.12. The van der Waals surface area contributed by atoms with Crippen molar-refractivity contribution in [2.24, 2.45) is 0 Å². The molecule has 0 bridgehead atoms. The molecule has 154 valence electrons. The zero-order chi connectivity index (χ0) is 20.4. The monoisotopic (exact) mass is 397 g/mol. The standard InChI is InChI=1S/C23H28FN3O2/c1-16(17-7-9-18(24)10-8-17)25-22(28)26-20-15-23(11-13-27(2)14-12-23)29-21-6-4-3-5-19(20)21/h3-10,16,20H,11-15H2,1-2H3,(H2,25,26,28)/t16-,20-/m0/s1. The number of rotatable bonds is 3. The minimum Gasteiger partial charge on any atom is -0.487 e. The molecule has 0 radical (unpaired) electrons. The van der Waals surface area contributed by atoms with E-state index in [1.165, 1.54) is 12.1 Å². The second-order valence-electron chi connectivity index (χ2n) is 8.27. The molecule has 5 nitrogen and oxygen atoms in total. The van der Waals surface area contributed by atoms with Crippen molar-refractivity contribution in [1.82, 2.24) is 15.5 Å². The van der Waals surface area contributed by atoms with E-state index in [0.717, 1.165) is 49.2 Å². The van der Waals surface area contributed by atoms with Crippen molar-refractivity contribution in [2.75, 3.05) is 20.1 Å². The number of hydrogen-bond donors (Lipinski definition) is 2. The average Bonchev–Trinajstić information content (AvgIpc) is 2.71. The fourth-order valence-electron chi connectivity index (χ4n) is 4.31. The Bertz CT molecular complexity index is 863. The highest BCUT2D eigenvalue weighted by molar-refractivity contribution is 5.75. The number of fused-ring (bicyclic) bond motifs is 1. The van der Waals surface area contributed by atoms with Crippen LogP contribution in [0.5, 0.6) is 5.75 Å². The quantitative estimate of drug-likeness (QED) is 0.817. The van der Waals surface area contributed by atoms with Gasteiger partial charge in [-0.3, -0.25) is 0 Å². The molecular formula is C23H28FN3O2. The van der Waals surface area contributed by atoms with Crippen LogP contribution in [0.25, 0.3) is 0 Å². The molecule has 2 atom stereocenters. The van der Waals surface area contributed by atoms with Crippen molar-refractivity contribution in [3.8, 4) is 5.75 Å². The van der Waals surface area contributed by atoms with Crippen molar-refractivity contribution in [1.29, 1.82) is 0 Å². The van der Waals surface area contributed by atoms with Crippen LogP contribution >= 0.6 is 0 Å². The van der Waals surface area contributed by atoms with Crippen molar-refractivity contribution < 1.29 is 13.9 Å². The molecule has 2 heterocycles. The number of urea groups is 1. The largest absolute Gasteiger partial charge is 0.487 e. The van der Waals surface area contributed by atoms with Gasteiger partial charge in [0.25, 0.3) is 0 Å². The van der Waals surface area contributed by atoms with Crippen molar-refractivity contribution >= 4 is 6.03 Å². The zero-order valence-electron chi connectivity index (χ0n) is 17.0. The second kappa shape index (κ2) is 8.03. The number of hydrogen-bond acceptors (Lipinski definition) is 3. The Morgan fingerprint density at radius 2 is 1.86 bits per heavy atom. The molecule has 2 aliphatic heterocycles. The number of halogens is 1. The van der Waals surface area contributed by atoms with Gasteiger partial charge in [-0.1, -0.05) is 30.3 Å². The maximum absolute atomic E-state index is 13.1. The first kappa shape index (κ1) is 19.7. The maximum atomic E-state index is 13.1. The minimum absolute atomic E-state index is 0.108. The highest BCUT2D eigenvalue weighted by Crippen LogP contribution is 2.44. The highest BCUT2D eigenvalue weighted by Gasteiger charge is 2.43. The number of benzene rings is 2. The molecule has 0 aliphatic carbocycles. The predicted molar refractivity (Wildman–Crippen MR) is 110 cm³/mol. The van der Waals surface area contributed by atoms with Crippen LogP contribution in [0.2, 0.25) is 0 Å². The van der Waals surface area contributed by atoms with Gasteiger partial charge in [-0.15, -0.1) is 0 Å². The first-order valence-corrected chi connectivity index (χ1v) is 10.2. The van der Waals surface area contributed by atoms with Crippen LogP contribution in [0.3, 0.4) is 0 Å². The van der Waals surface area contributed by atoms with E-state index in [1.807, 2.05) is 31.2 Å². The van der Waals surface area contributed by atoms with Crippen molar-refractivity contribution in [3.63, 3.8) is 0 Å². The number of ether oxygens (including phenoxy) is 1. The first-order valence-electron chi connectivity index (χ1n) is 10.2. The van der Waals surface area contributed by atoms with E-state index in [1.54, 1.807) is 12.1 Å². The van der Waals surface area contributed by atoms with Gasteiger partial charge in [0.15, 0.2) is 0 Å². The molecule has 1 saturated heterocycles. The van der Waals surface area contributed by atoms with Crippen LogP contribution in [-0.4, -0.2) is 36.7 Å². The molecule has 0 aromatic heterocycles. The van der Waals surface area contributed by atoms with E-state index in [4.69, 9.17) is 4.74 Å². The van der Waals surface area contributed by atoms with E-state index in [2.05, 4.69) is 22.6 Å².